The van der Waals surface area contributed by atoms with E-state index in [9.17, 15) is 0 Å². The number of nitrogens with zero attached hydrogens (tertiary/aromatic N) is 1. The number of hydrogen-bond acceptors (Lipinski definition) is 1. The lowest BCUT2D eigenvalue weighted by atomic mass is 9.98. The number of allylic oxidation sites excluding steroid dienone is 1. The summed E-state index contributed by atoms with van der Waals surface area (Å²) in [4.78, 5) is 2.59. The van der Waals surface area contributed by atoms with Crippen LogP contribution in [-0.4, -0.2) is 24.5 Å². The van der Waals surface area contributed by atoms with E-state index in [0.29, 0.717) is 0 Å². The lowest BCUT2D eigenvalue weighted by molar-refractivity contribution is 0.348. The first-order chi connectivity index (χ1) is 8.31. The molecule has 17 heavy (non-hydrogen) atoms. The van der Waals surface area contributed by atoms with Gasteiger partial charge in [0.25, 0.3) is 0 Å². The third-order valence-corrected chi connectivity index (χ3v) is 3.74. The van der Waals surface area contributed by atoms with Gasteiger partial charge in [-0.05, 0) is 62.9 Å². The fraction of sp³-hybridized carbons (Fsp3) is 0.500. The standard InChI is InChI=1S/C16H23N/c1-3-15(10-13-17-11-6-7-12-17)16-9-5-4-8-14(16)2/h3-5,8-9H,6-7,10-13H2,1-2H3/b15-3-. The third kappa shape index (κ3) is 3.19. The van der Waals surface area contributed by atoms with Crippen molar-refractivity contribution in [2.45, 2.75) is 33.1 Å². The quantitative estimate of drug-likeness (QED) is 0.757. The lowest BCUT2D eigenvalue weighted by Gasteiger charge is -2.17. The monoisotopic (exact) mass is 229 g/mol. The van der Waals surface area contributed by atoms with Crippen LogP contribution in [0.5, 0.6) is 0 Å². The van der Waals surface area contributed by atoms with Crippen LogP contribution in [-0.2, 0) is 0 Å². The highest BCUT2D eigenvalue weighted by atomic mass is 15.1. The van der Waals surface area contributed by atoms with Crippen LogP contribution in [0.1, 0.15) is 37.3 Å². The van der Waals surface area contributed by atoms with Crippen LogP contribution in [0.25, 0.3) is 5.57 Å². The first-order valence-electron chi connectivity index (χ1n) is 6.75. The molecular formula is C16H23N. The van der Waals surface area contributed by atoms with Crippen molar-refractivity contribution >= 4 is 5.57 Å². The fourth-order valence-electron chi connectivity index (χ4n) is 2.65. The Morgan fingerprint density at radius 2 is 1.94 bits per heavy atom. The van der Waals surface area contributed by atoms with Gasteiger partial charge in [0.1, 0.15) is 0 Å². The Bertz CT molecular complexity index is 386. The predicted octanol–water partition coefficient (Wildman–Crippen LogP) is 3.88. The molecule has 0 aromatic heterocycles. The van der Waals surface area contributed by atoms with Crippen LogP contribution in [0.3, 0.4) is 0 Å². The molecule has 1 aliphatic heterocycles. The minimum atomic E-state index is 1.18. The minimum absolute atomic E-state index is 1.18. The molecule has 1 heteroatoms. The Morgan fingerprint density at radius 3 is 2.59 bits per heavy atom. The van der Waals surface area contributed by atoms with Crippen LogP contribution in [0.4, 0.5) is 0 Å². The summed E-state index contributed by atoms with van der Waals surface area (Å²) in [5.74, 6) is 0. The van der Waals surface area contributed by atoms with E-state index in [2.05, 4.69) is 49.1 Å². The molecule has 1 saturated heterocycles. The normalized spacial score (nSPS) is 17.6. The van der Waals surface area contributed by atoms with E-state index in [4.69, 9.17) is 0 Å². The van der Waals surface area contributed by atoms with Crippen LogP contribution < -0.4 is 0 Å². The number of aryl methyl sites for hydroxylation is 1. The summed E-state index contributed by atoms with van der Waals surface area (Å²) in [6.07, 6.45) is 6.23. The second kappa shape index (κ2) is 6.02. The van der Waals surface area contributed by atoms with Gasteiger partial charge in [-0.1, -0.05) is 30.3 Å². The zero-order valence-electron chi connectivity index (χ0n) is 11.1. The largest absolute Gasteiger partial charge is 0.303 e. The van der Waals surface area contributed by atoms with Gasteiger partial charge in [-0.25, -0.2) is 0 Å². The van der Waals surface area contributed by atoms with Gasteiger partial charge in [-0.3, -0.25) is 0 Å². The average molecular weight is 229 g/mol. The van der Waals surface area contributed by atoms with E-state index in [-0.39, 0.29) is 0 Å². The number of benzene rings is 1. The molecule has 1 aromatic carbocycles. The average Bonchev–Trinajstić information content (AvgIpc) is 2.85. The van der Waals surface area contributed by atoms with Crippen LogP contribution in [0.2, 0.25) is 0 Å². The molecule has 0 bridgehead atoms. The highest BCUT2D eigenvalue weighted by Crippen LogP contribution is 2.22. The Balaban J connectivity index is 1.99. The van der Waals surface area contributed by atoms with Gasteiger partial charge < -0.3 is 4.90 Å². The van der Waals surface area contributed by atoms with Gasteiger partial charge in [0.2, 0.25) is 0 Å². The van der Waals surface area contributed by atoms with E-state index in [1.165, 1.54) is 55.6 Å². The van der Waals surface area contributed by atoms with Gasteiger partial charge in [-0.2, -0.15) is 0 Å². The topological polar surface area (TPSA) is 3.24 Å². The van der Waals surface area contributed by atoms with E-state index in [1.807, 2.05) is 0 Å². The predicted molar refractivity (Wildman–Crippen MR) is 75.1 cm³/mol. The summed E-state index contributed by atoms with van der Waals surface area (Å²) in [5.41, 5.74) is 4.31. The molecule has 1 aliphatic rings. The van der Waals surface area contributed by atoms with E-state index < -0.39 is 0 Å². The van der Waals surface area contributed by atoms with Crippen molar-refractivity contribution < 1.29 is 0 Å². The molecule has 1 nitrogen and oxygen atoms in total. The minimum Gasteiger partial charge on any atom is -0.303 e. The zero-order chi connectivity index (χ0) is 12.1. The molecule has 1 fully saturated rings. The van der Waals surface area contributed by atoms with Crippen molar-refractivity contribution in [2.24, 2.45) is 0 Å². The molecule has 0 aliphatic carbocycles. The Morgan fingerprint density at radius 1 is 1.24 bits per heavy atom. The molecule has 0 atom stereocenters. The first-order valence-corrected chi connectivity index (χ1v) is 6.75. The zero-order valence-corrected chi connectivity index (χ0v) is 11.1. The molecule has 0 spiro atoms. The van der Waals surface area contributed by atoms with Crippen LogP contribution >= 0.6 is 0 Å². The maximum absolute atomic E-state index is 2.59. The Kier molecular flexibility index (Phi) is 4.38. The molecule has 0 amide bonds. The first kappa shape index (κ1) is 12.4. The summed E-state index contributed by atoms with van der Waals surface area (Å²) >= 11 is 0. The molecule has 0 unspecified atom stereocenters. The molecule has 1 aromatic rings. The highest BCUT2D eigenvalue weighted by molar-refractivity contribution is 5.67. The highest BCUT2D eigenvalue weighted by Gasteiger charge is 2.12. The molecule has 2 rings (SSSR count). The third-order valence-electron chi connectivity index (χ3n) is 3.74. The molecule has 0 saturated carbocycles. The summed E-state index contributed by atoms with van der Waals surface area (Å²) in [6, 6.07) is 8.71. The second-order valence-corrected chi connectivity index (χ2v) is 4.93. The van der Waals surface area contributed by atoms with Gasteiger partial charge in [0, 0.05) is 6.54 Å². The summed E-state index contributed by atoms with van der Waals surface area (Å²) < 4.78 is 0. The molecule has 0 N–H and O–H groups in total. The smallest absolute Gasteiger partial charge is 0.00219 e. The van der Waals surface area contributed by atoms with Crippen molar-refractivity contribution in [1.29, 1.82) is 0 Å². The van der Waals surface area contributed by atoms with Crippen molar-refractivity contribution in [3.63, 3.8) is 0 Å². The molecule has 0 radical (unpaired) electrons. The van der Waals surface area contributed by atoms with Gasteiger partial charge in [0.05, 0.1) is 0 Å². The lowest BCUT2D eigenvalue weighted by Crippen LogP contribution is -2.20. The SMILES string of the molecule is C/C=C(/CCN1CCCC1)c1ccccc1C. The Hall–Kier alpha value is -1.08. The summed E-state index contributed by atoms with van der Waals surface area (Å²) in [5, 5.41) is 0. The van der Waals surface area contributed by atoms with Gasteiger partial charge >= 0.3 is 0 Å². The van der Waals surface area contributed by atoms with Crippen molar-refractivity contribution in [3.05, 3.63) is 41.5 Å². The number of rotatable bonds is 4. The molecule has 92 valence electrons. The molecule has 1 heterocycles. The van der Waals surface area contributed by atoms with Crippen molar-refractivity contribution in [2.75, 3.05) is 19.6 Å². The molecular weight excluding hydrogens is 206 g/mol. The summed E-state index contributed by atoms with van der Waals surface area (Å²) in [7, 11) is 0. The van der Waals surface area contributed by atoms with Crippen molar-refractivity contribution in [3.8, 4) is 0 Å². The van der Waals surface area contributed by atoms with Crippen molar-refractivity contribution in [1.82, 2.24) is 4.90 Å². The van der Waals surface area contributed by atoms with Crippen LogP contribution in [0.15, 0.2) is 30.3 Å². The van der Waals surface area contributed by atoms with Crippen LogP contribution in [0, 0.1) is 6.92 Å². The maximum Gasteiger partial charge on any atom is 0.00219 e. The Labute approximate surface area is 105 Å². The van der Waals surface area contributed by atoms with Gasteiger partial charge in [-0.15, -0.1) is 0 Å². The number of likely N-dealkylation sites (tertiary alicyclic amines) is 1. The summed E-state index contributed by atoms with van der Waals surface area (Å²) in [6.45, 7) is 8.17. The van der Waals surface area contributed by atoms with E-state index >= 15 is 0 Å². The fourth-order valence-corrected chi connectivity index (χ4v) is 2.65. The van der Waals surface area contributed by atoms with Gasteiger partial charge in [0.15, 0.2) is 0 Å². The van der Waals surface area contributed by atoms with E-state index in [1.54, 1.807) is 0 Å². The van der Waals surface area contributed by atoms with E-state index in [0.717, 1.165) is 0 Å². The number of hydrogen-bond donors (Lipinski definition) is 0. The second-order valence-electron chi connectivity index (χ2n) is 4.93. The maximum atomic E-state index is 2.59.